The van der Waals surface area contributed by atoms with Gasteiger partial charge in [-0.25, -0.2) is 0 Å². The van der Waals surface area contributed by atoms with Crippen LogP contribution in [0.5, 0.6) is 0 Å². The molecule has 0 aromatic heterocycles. The zero-order chi connectivity index (χ0) is 12.9. The Balaban J connectivity index is 1.94. The summed E-state index contributed by atoms with van der Waals surface area (Å²) in [7, 11) is 0. The van der Waals surface area contributed by atoms with Gasteiger partial charge in [-0.2, -0.15) is 0 Å². The van der Waals surface area contributed by atoms with E-state index in [9.17, 15) is 0 Å². The molecule has 1 nitrogen and oxygen atoms in total. The first-order valence-corrected chi connectivity index (χ1v) is 7.32. The van der Waals surface area contributed by atoms with Gasteiger partial charge >= 0.3 is 0 Å². The van der Waals surface area contributed by atoms with Crippen LogP contribution in [0, 0.1) is 0 Å². The molecule has 98 valence electrons. The first-order valence-electron chi connectivity index (χ1n) is 7.32. The monoisotopic (exact) mass is 251 g/mol. The number of hydrogen-bond donors (Lipinski definition) is 0. The van der Waals surface area contributed by atoms with Crippen LogP contribution in [-0.4, -0.2) is 6.54 Å². The highest BCUT2D eigenvalue weighted by Crippen LogP contribution is 2.33. The second-order valence-corrected chi connectivity index (χ2v) is 5.30. The van der Waals surface area contributed by atoms with E-state index in [1.165, 1.54) is 43.5 Å². The minimum absolute atomic E-state index is 0.533. The van der Waals surface area contributed by atoms with Gasteiger partial charge in [0.15, 0.2) is 0 Å². The summed E-state index contributed by atoms with van der Waals surface area (Å²) in [6.07, 6.45) is 5.26. The third-order valence-electron chi connectivity index (χ3n) is 4.02. The number of para-hydroxylation sites is 1. The molecule has 0 amide bonds. The summed E-state index contributed by atoms with van der Waals surface area (Å²) in [6.45, 7) is 1.17. The highest BCUT2D eigenvalue weighted by atomic mass is 15.2. The molecule has 0 bridgehead atoms. The molecule has 1 aliphatic heterocycles. The van der Waals surface area contributed by atoms with Crippen LogP contribution >= 0.6 is 0 Å². The Bertz CT molecular complexity index is 444. The van der Waals surface area contributed by atoms with Gasteiger partial charge in [-0.05, 0) is 30.5 Å². The van der Waals surface area contributed by atoms with Crippen molar-refractivity contribution in [1.29, 1.82) is 0 Å². The fourth-order valence-electron chi connectivity index (χ4n) is 3.06. The summed E-state index contributed by atoms with van der Waals surface area (Å²) in [5.74, 6) is 0. The minimum atomic E-state index is 0.533. The Labute approximate surface area is 115 Å². The van der Waals surface area contributed by atoms with E-state index >= 15 is 0 Å². The summed E-state index contributed by atoms with van der Waals surface area (Å²) in [5.41, 5.74) is 2.81. The van der Waals surface area contributed by atoms with Crippen LogP contribution in [0.15, 0.2) is 60.7 Å². The Hall–Kier alpha value is -1.76. The van der Waals surface area contributed by atoms with Crippen molar-refractivity contribution in [3.05, 3.63) is 66.2 Å². The van der Waals surface area contributed by atoms with E-state index in [4.69, 9.17) is 0 Å². The Morgan fingerprint density at radius 2 is 1.42 bits per heavy atom. The summed E-state index contributed by atoms with van der Waals surface area (Å²) < 4.78 is 0. The Morgan fingerprint density at radius 3 is 2.16 bits per heavy atom. The van der Waals surface area contributed by atoms with Crippen molar-refractivity contribution in [3.8, 4) is 0 Å². The summed E-state index contributed by atoms with van der Waals surface area (Å²) >= 11 is 0. The highest BCUT2D eigenvalue weighted by Gasteiger charge is 2.22. The van der Waals surface area contributed by atoms with E-state index in [0.717, 1.165) is 0 Å². The predicted octanol–water partition coefficient (Wildman–Crippen LogP) is 4.81. The molecule has 1 unspecified atom stereocenters. The Kier molecular flexibility index (Phi) is 3.83. The molecule has 0 radical (unpaired) electrons. The fraction of sp³-hybridized carbons (Fsp3) is 0.333. The van der Waals surface area contributed by atoms with Crippen LogP contribution in [0.4, 0.5) is 5.69 Å². The van der Waals surface area contributed by atoms with Crippen LogP contribution < -0.4 is 4.90 Å². The average molecular weight is 251 g/mol. The third kappa shape index (κ3) is 2.81. The maximum Gasteiger partial charge on any atom is 0.0542 e. The first-order chi connectivity index (χ1) is 9.45. The van der Waals surface area contributed by atoms with Crippen LogP contribution in [0.3, 0.4) is 0 Å². The van der Waals surface area contributed by atoms with Crippen molar-refractivity contribution in [3.63, 3.8) is 0 Å². The molecule has 1 saturated heterocycles. The maximum atomic E-state index is 2.59. The summed E-state index contributed by atoms with van der Waals surface area (Å²) in [6, 6.07) is 22.3. The molecule has 2 aromatic carbocycles. The first kappa shape index (κ1) is 12.3. The Morgan fingerprint density at radius 1 is 0.737 bits per heavy atom. The van der Waals surface area contributed by atoms with Gasteiger partial charge in [0.2, 0.25) is 0 Å². The SMILES string of the molecule is c1ccc(C2CCCCCN2c2ccccc2)cc1. The topological polar surface area (TPSA) is 3.24 Å². The molecule has 0 saturated carbocycles. The number of hydrogen-bond acceptors (Lipinski definition) is 1. The summed E-state index contributed by atoms with van der Waals surface area (Å²) in [5, 5.41) is 0. The van der Waals surface area contributed by atoms with Gasteiger partial charge in [0.25, 0.3) is 0 Å². The van der Waals surface area contributed by atoms with Crippen molar-refractivity contribution in [2.75, 3.05) is 11.4 Å². The standard InChI is InChI=1S/C18H21N/c1-4-10-16(11-5-1)18-14-8-3-9-15-19(18)17-12-6-2-7-13-17/h1-2,4-7,10-13,18H,3,8-9,14-15H2. The molecule has 1 heterocycles. The van der Waals surface area contributed by atoms with E-state index < -0.39 is 0 Å². The molecule has 3 rings (SSSR count). The predicted molar refractivity (Wildman–Crippen MR) is 81.4 cm³/mol. The van der Waals surface area contributed by atoms with Gasteiger partial charge in [0.05, 0.1) is 6.04 Å². The van der Waals surface area contributed by atoms with Crippen molar-refractivity contribution in [1.82, 2.24) is 0 Å². The molecule has 1 fully saturated rings. The molecule has 19 heavy (non-hydrogen) atoms. The maximum absolute atomic E-state index is 2.59. The van der Waals surface area contributed by atoms with Crippen LogP contribution in [0.1, 0.15) is 37.3 Å². The van der Waals surface area contributed by atoms with Crippen molar-refractivity contribution < 1.29 is 0 Å². The molecule has 1 atom stereocenters. The average Bonchev–Trinajstić information content (AvgIpc) is 2.75. The van der Waals surface area contributed by atoms with Gasteiger partial charge in [-0.1, -0.05) is 61.4 Å². The largest absolute Gasteiger partial charge is 0.364 e. The molecule has 2 aromatic rings. The second kappa shape index (κ2) is 5.92. The molecule has 0 N–H and O–H groups in total. The van der Waals surface area contributed by atoms with E-state index in [1.54, 1.807) is 0 Å². The van der Waals surface area contributed by atoms with Gasteiger partial charge in [-0.3, -0.25) is 0 Å². The second-order valence-electron chi connectivity index (χ2n) is 5.30. The lowest BCUT2D eigenvalue weighted by molar-refractivity contribution is 0.602. The lowest BCUT2D eigenvalue weighted by atomic mass is 10.0. The van der Waals surface area contributed by atoms with E-state index in [-0.39, 0.29) is 0 Å². The molecule has 1 heteroatoms. The molecular weight excluding hydrogens is 230 g/mol. The number of nitrogens with zero attached hydrogens (tertiary/aromatic N) is 1. The van der Waals surface area contributed by atoms with Crippen molar-refractivity contribution in [2.45, 2.75) is 31.7 Å². The van der Waals surface area contributed by atoms with E-state index in [1.807, 2.05) is 0 Å². The van der Waals surface area contributed by atoms with Crippen molar-refractivity contribution >= 4 is 5.69 Å². The molecular formula is C18H21N. The highest BCUT2D eigenvalue weighted by molar-refractivity contribution is 5.49. The third-order valence-corrected chi connectivity index (χ3v) is 4.02. The summed E-state index contributed by atoms with van der Waals surface area (Å²) in [4.78, 5) is 2.59. The number of rotatable bonds is 2. The molecule has 0 spiro atoms. The number of anilines is 1. The quantitative estimate of drug-likeness (QED) is 0.740. The number of benzene rings is 2. The zero-order valence-electron chi connectivity index (χ0n) is 11.3. The van der Waals surface area contributed by atoms with Crippen molar-refractivity contribution in [2.24, 2.45) is 0 Å². The van der Waals surface area contributed by atoms with Gasteiger partial charge in [0, 0.05) is 12.2 Å². The zero-order valence-corrected chi connectivity index (χ0v) is 11.3. The normalized spacial score (nSPS) is 20.0. The molecule has 1 aliphatic rings. The van der Waals surface area contributed by atoms with E-state index in [0.29, 0.717) is 6.04 Å². The fourth-order valence-corrected chi connectivity index (χ4v) is 3.06. The van der Waals surface area contributed by atoms with Gasteiger partial charge in [0.1, 0.15) is 0 Å². The molecule has 0 aliphatic carbocycles. The van der Waals surface area contributed by atoms with Gasteiger partial charge in [-0.15, -0.1) is 0 Å². The van der Waals surface area contributed by atoms with Crippen LogP contribution in [0.25, 0.3) is 0 Å². The van der Waals surface area contributed by atoms with Crippen LogP contribution in [0.2, 0.25) is 0 Å². The van der Waals surface area contributed by atoms with E-state index in [2.05, 4.69) is 65.6 Å². The smallest absolute Gasteiger partial charge is 0.0542 e. The van der Waals surface area contributed by atoms with Gasteiger partial charge < -0.3 is 4.90 Å². The lowest BCUT2D eigenvalue weighted by Gasteiger charge is -2.32. The minimum Gasteiger partial charge on any atom is -0.364 e. The lowest BCUT2D eigenvalue weighted by Crippen LogP contribution is -2.28. The van der Waals surface area contributed by atoms with Crippen LogP contribution in [-0.2, 0) is 0 Å².